The molecule has 4 rings (SSSR count). The minimum Gasteiger partial charge on any atom is -0.496 e. The first kappa shape index (κ1) is 17.5. The number of hydrogen-bond acceptors (Lipinski definition) is 5. The minimum atomic E-state index is -0.347. The van der Waals surface area contributed by atoms with Gasteiger partial charge in [0.25, 0.3) is 5.89 Å². The largest absolute Gasteiger partial charge is 0.496 e. The first-order valence-corrected chi connectivity index (χ1v) is 8.66. The molecule has 1 saturated heterocycles. The summed E-state index contributed by atoms with van der Waals surface area (Å²) in [6, 6.07) is 10.9. The SMILES string of the molecule is COc1ccc(Cl)cc1-c1nc(C2CC(=O)N(c3ccc(F)cc3)C2)no1. The standard InChI is InChI=1S/C19H15ClFN3O3/c1-26-16-7-2-12(20)9-15(16)19-22-18(23-27-19)11-8-17(25)24(10-11)14-5-3-13(21)4-6-14/h2-7,9,11H,8,10H2,1H3. The van der Waals surface area contributed by atoms with Crippen molar-refractivity contribution in [2.75, 3.05) is 18.6 Å². The second kappa shape index (κ2) is 7.00. The van der Waals surface area contributed by atoms with Gasteiger partial charge >= 0.3 is 0 Å². The summed E-state index contributed by atoms with van der Waals surface area (Å²) in [5, 5.41) is 4.55. The molecule has 1 aromatic heterocycles. The number of methoxy groups -OCH3 is 1. The van der Waals surface area contributed by atoms with Gasteiger partial charge in [0.15, 0.2) is 5.82 Å². The van der Waals surface area contributed by atoms with Crippen molar-refractivity contribution in [1.29, 1.82) is 0 Å². The molecule has 1 aliphatic heterocycles. The van der Waals surface area contributed by atoms with Crippen LogP contribution in [0.5, 0.6) is 5.75 Å². The molecule has 0 N–H and O–H groups in total. The quantitative estimate of drug-likeness (QED) is 0.675. The lowest BCUT2D eigenvalue weighted by atomic mass is 10.1. The summed E-state index contributed by atoms with van der Waals surface area (Å²) in [5.74, 6) is 0.635. The fourth-order valence-electron chi connectivity index (χ4n) is 3.11. The van der Waals surface area contributed by atoms with Gasteiger partial charge in [0, 0.05) is 29.6 Å². The molecular formula is C19H15ClFN3O3. The summed E-state index contributed by atoms with van der Waals surface area (Å²) in [6.45, 7) is 0.399. The van der Waals surface area contributed by atoms with E-state index in [-0.39, 0.29) is 30.0 Å². The minimum absolute atomic E-state index is 0.0710. The van der Waals surface area contributed by atoms with Crippen molar-refractivity contribution in [3.63, 3.8) is 0 Å². The molecule has 138 valence electrons. The van der Waals surface area contributed by atoms with E-state index in [9.17, 15) is 9.18 Å². The van der Waals surface area contributed by atoms with Crippen molar-refractivity contribution in [2.45, 2.75) is 12.3 Å². The third kappa shape index (κ3) is 3.38. The predicted octanol–water partition coefficient (Wildman–Crippen LogP) is 4.06. The van der Waals surface area contributed by atoms with Crippen LogP contribution in [0.1, 0.15) is 18.2 Å². The van der Waals surface area contributed by atoms with Crippen LogP contribution in [0.4, 0.5) is 10.1 Å². The van der Waals surface area contributed by atoms with Crippen LogP contribution in [0, 0.1) is 5.82 Å². The molecule has 27 heavy (non-hydrogen) atoms. The molecule has 6 nitrogen and oxygen atoms in total. The van der Waals surface area contributed by atoms with E-state index in [0.717, 1.165) is 0 Å². The molecule has 1 unspecified atom stereocenters. The molecule has 1 amide bonds. The number of aromatic nitrogens is 2. The number of halogens is 2. The number of carbonyl (C=O) groups is 1. The molecule has 8 heteroatoms. The van der Waals surface area contributed by atoms with Gasteiger partial charge in [-0.1, -0.05) is 16.8 Å². The monoisotopic (exact) mass is 387 g/mol. The van der Waals surface area contributed by atoms with E-state index in [0.29, 0.717) is 34.4 Å². The number of nitrogens with zero attached hydrogens (tertiary/aromatic N) is 3. The molecule has 3 aromatic rings. The topological polar surface area (TPSA) is 68.5 Å². The van der Waals surface area contributed by atoms with E-state index in [4.69, 9.17) is 20.9 Å². The van der Waals surface area contributed by atoms with Crippen molar-refractivity contribution in [3.05, 3.63) is 59.1 Å². The zero-order valence-corrected chi connectivity index (χ0v) is 15.1. The Morgan fingerprint density at radius 3 is 2.78 bits per heavy atom. The van der Waals surface area contributed by atoms with Crippen LogP contribution in [0.25, 0.3) is 11.5 Å². The number of rotatable bonds is 4. The zero-order chi connectivity index (χ0) is 19.0. The molecule has 1 atom stereocenters. The van der Waals surface area contributed by atoms with Gasteiger partial charge in [-0.15, -0.1) is 0 Å². The average Bonchev–Trinajstić information content (AvgIpc) is 3.29. The Labute approximate surface area is 159 Å². The first-order chi connectivity index (χ1) is 13.0. The highest BCUT2D eigenvalue weighted by molar-refractivity contribution is 6.30. The van der Waals surface area contributed by atoms with Gasteiger partial charge in [-0.05, 0) is 42.5 Å². The van der Waals surface area contributed by atoms with Gasteiger partial charge in [-0.3, -0.25) is 4.79 Å². The van der Waals surface area contributed by atoms with E-state index >= 15 is 0 Å². The number of ether oxygens (including phenoxy) is 1. The van der Waals surface area contributed by atoms with E-state index in [2.05, 4.69) is 10.1 Å². The van der Waals surface area contributed by atoms with E-state index < -0.39 is 0 Å². The Kier molecular flexibility index (Phi) is 4.53. The summed E-state index contributed by atoms with van der Waals surface area (Å²) in [7, 11) is 1.54. The molecular weight excluding hydrogens is 373 g/mol. The van der Waals surface area contributed by atoms with E-state index in [1.54, 1.807) is 42.3 Å². The van der Waals surface area contributed by atoms with Crippen molar-refractivity contribution < 1.29 is 18.4 Å². The van der Waals surface area contributed by atoms with Crippen LogP contribution in [0.15, 0.2) is 47.0 Å². The van der Waals surface area contributed by atoms with Crippen LogP contribution in [-0.2, 0) is 4.79 Å². The van der Waals surface area contributed by atoms with Gasteiger partial charge in [0.05, 0.1) is 12.7 Å². The molecule has 0 saturated carbocycles. The molecule has 0 aliphatic carbocycles. The van der Waals surface area contributed by atoms with Crippen molar-refractivity contribution >= 4 is 23.2 Å². The number of hydrogen-bond donors (Lipinski definition) is 0. The van der Waals surface area contributed by atoms with E-state index in [1.807, 2.05) is 0 Å². The Hall–Kier alpha value is -2.93. The Balaban J connectivity index is 1.58. The van der Waals surface area contributed by atoms with Gasteiger partial charge in [-0.25, -0.2) is 4.39 Å². The van der Waals surface area contributed by atoms with Crippen molar-refractivity contribution in [2.24, 2.45) is 0 Å². The molecule has 2 aromatic carbocycles. The van der Waals surface area contributed by atoms with E-state index in [1.165, 1.54) is 12.1 Å². The Bertz CT molecular complexity index is 990. The highest BCUT2D eigenvalue weighted by Gasteiger charge is 2.34. The fraction of sp³-hybridized carbons (Fsp3) is 0.211. The molecule has 0 spiro atoms. The third-order valence-electron chi connectivity index (χ3n) is 4.46. The molecule has 2 heterocycles. The lowest BCUT2D eigenvalue weighted by molar-refractivity contribution is -0.117. The summed E-state index contributed by atoms with van der Waals surface area (Å²) >= 11 is 6.05. The normalized spacial score (nSPS) is 16.8. The van der Waals surface area contributed by atoms with Crippen molar-refractivity contribution in [1.82, 2.24) is 10.1 Å². The highest BCUT2D eigenvalue weighted by Crippen LogP contribution is 2.34. The van der Waals surface area contributed by atoms with Crippen molar-refractivity contribution in [3.8, 4) is 17.2 Å². The Morgan fingerprint density at radius 1 is 1.26 bits per heavy atom. The van der Waals surface area contributed by atoms with Gasteiger partial charge in [0.2, 0.25) is 5.91 Å². The Morgan fingerprint density at radius 2 is 2.04 bits per heavy atom. The first-order valence-electron chi connectivity index (χ1n) is 8.28. The van der Waals surface area contributed by atoms with Gasteiger partial charge in [0.1, 0.15) is 11.6 Å². The number of anilines is 1. The predicted molar refractivity (Wildman–Crippen MR) is 97.4 cm³/mol. The summed E-state index contributed by atoms with van der Waals surface area (Å²) in [6.07, 6.45) is 0.253. The number of amides is 1. The molecule has 0 radical (unpaired) electrons. The molecule has 0 bridgehead atoms. The number of benzene rings is 2. The fourth-order valence-corrected chi connectivity index (χ4v) is 3.28. The van der Waals surface area contributed by atoms with Crippen LogP contribution in [0.2, 0.25) is 5.02 Å². The smallest absolute Gasteiger partial charge is 0.261 e. The third-order valence-corrected chi connectivity index (χ3v) is 4.70. The maximum absolute atomic E-state index is 13.1. The number of carbonyl (C=O) groups excluding carboxylic acids is 1. The second-order valence-electron chi connectivity index (χ2n) is 6.18. The zero-order valence-electron chi connectivity index (χ0n) is 14.4. The molecule has 1 fully saturated rings. The summed E-state index contributed by atoms with van der Waals surface area (Å²) in [4.78, 5) is 18.4. The van der Waals surface area contributed by atoms with Crippen LogP contribution < -0.4 is 9.64 Å². The summed E-state index contributed by atoms with van der Waals surface area (Å²) < 4.78 is 23.8. The maximum atomic E-state index is 13.1. The van der Waals surface area contributed by atoms with Crippen LogP contribution in [0.3, 0.4) is 0 Å². The summed E-state index contributed by atoms with van der Waals surface area (Å²) in [5.41, 5.74) is 1.23. The second-order valence-corrected chi connectivity index (χ2v) is 6.62. The molecule has 1 aliphatic rings. The van der Waals surface area contributed by atoms with Gasteiger partial charge in [-0.2, -0.15) is 4.98 Å². The lowest BCUT2D eigenvalue weighted by Gasteiger charge is -2.15. The average molecular weight is 388 g/mol. The van der Waals surface area contributed by atoms with Crippen LogP contribution in [-0.4, -0.2) is 29.7 Å². The maximum Gasteiger partial charge on any atom is 0.261 e. The highest BCUT2D eigenvalue weighted by atomic mass is 35.5. The lowest BCUT2D eigenvalue weighted by Crippen LogP contribution is -2.24. The van der Waals surface area contributed by atoms with Gasteiger partial charge < -0.3 is 14.2 Å². The van der Waals surface area contributed by atoms with Crippen LogP contribution >= 0.6 is 11.6 Å².